The highest BCUT2D eigenvalue weighted by atomic mass is 35.5. The van der Waals surface area contributed by atoms with Crippen LogP contribution in [0.1, 0.15) is 24.6 Å². The van der Waals surface area contributed by atoms with Crippen molar-refractivity contribution in [1.29, 1.82) is 0 Å². The van der Waals surface area contributed by atoms with Gasteiger partial charge in [-0.05, 0) is 32.0 Å². The van der Waals surface area contributed by atoms with Crippen LogP contribution in [-0.4, -0.2) is 27.3 Å². The molecule has 142 valence electrons. The van der Waals surface area contributed by atoms with E-state index in [4.69, 9.17) is 27.9 Å². The number of carbonyl (C=O) groups is 1. The van der Waals surface area contributed by atoms with Gasteiger partial charge in [-0.2, -0.15) is 5.10 Å². The molecular weight excluding hydrogens is 399 g/mol. The number of rotatable bonds is 5. The number of pyridine rings is 1. The van der Waals surface area contributed by atoms with E-state index in [1.165, 1.54) is 10.7 Å². The highest BCUT2D eigenvalue weighted by Crippen LogP contribution is 2.34. The van der Waals surface area contributed by atoms with Crippen molar-refractivity contribution >= 4 is 40.2 Å². The number of benzene rings is 1. The largest absolute Gasteiger partial charge is 0.465 e. The van der Waals surface area contributed by atoms with Crippen molar-refractivity contribution in [2.45, 2.75) is 26.8 Å². The summed E-state index contributed by atoms with van der Waals surface area (Å²) in [5.74, 6) is -0.526. The minimum absolute atomic E-state index is 0.180. The quantitative estimate of drug-likeness (QED) is 0.538. The summed E-state index contributed by atoms with van der Waals surface area (Å²) in [4.78, 5) is 16.3. The molecule has 0 radical (unpaired) electrons. The van der Waals surface area contributed by atoms with Gasteiger partial charge in [0.15, 0.2) is 5.65 Å². The van der Waals surface area contributed by atoms with E-state index in [1.54, 1.807) is 32.0 Å². The average molecular weight is 414 g/mol. The Morgan fingerprint density at radius 3 is 2.63 bits per heavy atom. The smallest absolute Gasteiger partial charge is 0.327 e. The third-order valence-electron chi connectivity index (χ3n) is 3.94. The second kappa shape index (κ2) is 7.78. The molecule has 2 aromatic heterocycles. The molecule has 0 spiro atoms. The first-order chi connectivity index (χ1) is 12.8. The summed E-state index contributed by atoms with van der Waals surface area (Å²) in [6.45, 7) is 3.26. The molecule has 0 saturated heterocycles. The minimum Gasteiger partial charge on any atom is -0.465 e. The Morgan fingerprint density at radius 1 is 1.26 bits per heavy atom. The predicted molar refractivity (Wildman–Crippen MR) is 99.3 cm³/mol. The van der Waals surface area contributed by atoms with E-state index in [0.29, 0.717) is 16.3 Å². The zero-order valence-corrected chi connectivity index (χ0v) is 16.0. The van der Waals surface area contributed by atoms with Gasteiger partial charge in [-0.15, -0.1) is 0 Å². The molecule has 0 aliphatic heterocycles. The summed E-state index contributed by atoms with van der Waals surface area (Å²) in [5, 5.41) is 5.04. The van der Waals surface area contributed by atoms with Gasteiger partial charge in [0.2, 0.25) is 0 Å². The molecule has 0 atom stereocenters. The van der Waals surface area contributed by atoms with Crippen LogP contribution < -0.4 is 0 Å². The maximum absolute atomic E-state index is 13.7. The van der Waals surface area contributed by atoms with Gasteiger partial charge in [0.25, 0.3) is 6.43 Å². The Kier molecular flexibility index (Phi) is 5.62. The summed E-state index contributed by atoms with van der Waals surface area (Å²) in [7, 11) is 0. The van der Waals surface area contributed by atoms with Crippen molar-refractivity contribution in [1.82, 2.24) is 14.8 Å². The fourth-order valence-corrected chi connectivity index (χ4v) is 3.10. The molecule has 0 bridgehead atoms. The van der Waals surface area contributed by atoms with Crippen LogP contribution in [0.2, 0.25) is 10.0 Å². The van der Waals surface area contributed by atoms with E-state index < -0.39 is 12.4 Å². The Hall–Kier alpha value is -2.25. The zero-order valence-electron chi connectivity index (χ0n) is 14.5. The van der Waals surface area contributed by atoms with Gasteiger partial charge < -0.3 is 4.74 Å². The van der Waals surface area contributed by atoms with Gasteiger partial charge >= 0.3 is 5.97 Å². The average Bonchev–Trinajstić information content (AvgIpc) is 2.92. The summed E-state index contributed by atoms with van der Waals surface area (Å²) in [5.41, 5.74) is 1.13. The van der Waals surface area contributed by atoms with E-state index >= 15 is 0 Å². The van der Waals surface area contributed by atoms with Crippen molar-refractivity contribution < 1.29 is 18.3 Å². The number of alkyl halides is 2. The number of halogens is 4. The molecule has 5 nitrogen and oxygen atoms in total. The van der Waals surface area contributed by atoms with Gasteiger partial charge in [-0.25, -0.2) is 18.4 Å². The number of fused-ring (bicyclic) bond motifs is 1. The van der Waals surface area contributed by atoms with E-state index in [9.17, 15) is 13.6 Å². The van der Waals surface area contributed by atoms with Gasteiger partial charge in [0.1, 0.15) is 6.54 Å². The first kappa shape index (κ1) is 19.5. The molecule has 0 aliphatic rings. The van der Waals surface area contributed by atoms with E-state index in [2.05, 4.69) is 10.1 Å². The molecule has 9 heteroatoms. The molecule has 0 N–H and O–H groups in total. The van der Waals surface area contributed by atoms with Crippen molar-refractivity contribution in [2.24, 2.45) is 0 Å². The molecule has 2 heterocycles. The molecule has 3 aromatic rings. The van der Waals surface area contributed by atoms with Crippen LogP contribution in [0.25, 0.3) is 22.3 Å². The number of carbonyl (C=O) groups excluding carboxylic acids is 1. The molecule has 0 fully saturated rings. The second-order valence-corrected chi connectivity index (χ2v) is 6.59. The Bertz CT molecular complexity index is 1020. The van der Waals surface area contributed by atoms with Gasteiger partial charge in [-0.1, -0.05) is 29.3 Å². The van der Waals surface area contributed by atoms with Crippen LogP contribution in [0.3, 0.4) is 0 Å². The Morgan fingerprint density at radius 2 is 2.00 bits per heavy atom. The number of hydrogen-bond donors (Lipinski definition) is 0. The summed E-state index contributed by atoms with van der Waals surface area (Å²) in [6.07, 6.45) is -2.74. The van der Waals surface area contributed by atoms with Crippen LogP contribution >= 0.6 is 23.2 Å². The lowest BCUT2D eigenvalue weighted by atomic mass is 10.1. The third kappa shape index (κ3) is 3.89. The second-order valence-electron chi connectivity index (χ2n) is 5.77. The Labute approximate surface area is 163 Å². The van der Waals surface area contributed by atoms with E-state index in [-0.39, 0.29) is 40.5 Å². The van der Waals surface area contributed by atoms with Gasteiger partial charge in [-0.3, -0.25) is 4.79 Å². The SMILES string of the molecule is CCOC(=O)Cn1nc(C)c2c(C(F)F)cc(-c3ccc(Cl)c(Cl)c3)nc21. The van der Waals surface area contributed by atoms with Crippen molar-refractivity contribution in [3.05, 3.63) is 45.6 Å². The van der Waals surface area contributed by atoms with E-state index in [0.717, 1.165) is 0 Å². The van der Waals surface area contributed by atoms with Crippen molar-refractivity contribution in [3.63, 3.8) is 0 Å². The molecule has 3 rings (SSSR count). The van der Waals surface area contributed by atoms with Crippen LogP contribution in [0.15, 0.2) is 24.3 Å². The fourth-order valence-electron chi connectivity index (χ4n) is 2.80. The van der Waals surface area contributed by atoms with Gasteiger partial charge in [0, 0.05) is 11.1 Å². The lowest BCUT2D eigenvalue weighted by Gasteiger charge is -2.09. The number of esters is 1. The van der Waals surface area contributed by atoms with Crippen molar-refractivity contribution in [3.8, 4) is 11.3 Å². The summed E-state index contributed by atoms with van der Waals surface area (Å²) in [6, 6.07) is 6.05. The van der Waals surface area contributed by atoms with Crippen LogP contribution in [0.4, 0.5) is 8.78 Å². The lowest BCUT2D eigenvalue weighted by Crippen LogP contribution is -2.15. The minimum atomic E-state index is -2.74. The molecule has 27 heavy (non-hydrogen) atoms. The number of ether oxygens (including phenoxy) is 1. The molecular formula is C18H15Cl2F2N3O2. The highest BCUT2D eigenvalue weighted by molar-refractivity contribution is 6.42. The highest BCUT2D eigenvalue weighted by Gasteiger charge is 2.22. The van der Waals surface area contributed by atoms with Crippen molar-refractivity contribution in [2.75, 3.05) is 6.61 Å². The normalized spacial score (nSPS) is 11.4. The maximum Gasteiger partial charge on any atom is 0.327 e. The molecule has 1 aromatic carbocycles. The first-order valence-corrected chi connectivity index (χ1v) is 8.84. The fraction of sp³-hybridized carbons (Fsp3) is 0.278. The molecule has 0 amide bonds. The third-order valence-corrected chi connectivity index (χ3v) is 4.68. The zero-order chi connectivity index (χ0) is 19.7. The summed E-state index contributed by atoms with van der Waals surface area (Å²) < 4.78 is 33.6. The van der Waals surface area contributed by atoms with Crippen LogP contribution in [-0.2, 0) is 16.1 Å². The standard InChI is InChI=1S/C18H15Cl2F2N3O2/c1-3-27-15(26)8-25-18-16(9(2)24-25)11(17(21)22)7-14(23-18)10-4-5-12(19)13(20)6-10/h4-7,17H,3,8H2,1-2H3. The summed E-state index contributed by atoms with van der Waals surface area (Å²) >= 11 is 12.0. The number of aryl methyl sites for hydroxylation is 1. The first-order valence-electron chi connectivity index (χ1n) is 8.09. The monoisotopic (exact) mass is 413 g/mol. The topological polar surface area (TPSA) is 57.0 Å². The number of aromatic nitrogens is 3. The predicted octanol–water partition coefficient (Wildman–Crippen LogP) is 5.21. The molecule has 0 unspecified atom stereocenters. The Balaban J connectivity index is 2.21. The van der Waals surface area contributed by atoms with Gasteiger partial charge in [0.05, 0.1) is 33.4 Å². The molecule has 0 aliphatic carbocycles. The van der Waals surface area contributed by atoms with Crippen LogP contribution in [0, 0.1) is 6.92 Å². The molecule has 0 saturated carbocycles. The number of hydrogen-bond acceptors (Lipinski definition) is 4. The number of nitrogens with zero attached hydrogens (tertiary/aromatic N) is 3. The van der Waals surface area contributed by atoms with Crippen LogP contribution in [0.5, 0.6) is 0 Å². The maximum atomic E-state index is 13.7. The lowest BCUT2D eigenvalue weighted by molar-refractivity contribution is -0.143. The van der Waals surface area contributed by atoms with E-state index in [1.807, 2.05) is 0 Å².